The molecule has 0 spiro atoms. The maximum absolute atomic E-state index is 15.2. The van der Waals surface area contributed by atoms with Crippen LogP contribution in [0.5, 0.6) is 0 Å². The Bertz CT molecular complexity index is 1760. The first-order chi connectivity index (χ1) is 23.0. The molecule has 4 rings (SSSR count). The number of nitrogens with one attached hydrogen (secondary N) is 1. The number of hydrogen-bond acceptors (Lipinski definition) is 12. The lowest BCUT2D eigenvalue weighted by Gasteiger charge is -2.29. The normalized spacial score (nSPS) is 16.7. The molecule has 1 aliphatic rings. The number of fused-ring (bicyclic) bond motifs is 1. The summed E-state index contributed by atoms with van der Waals surface area (Å²) in [5.41, 5.74) is -3.78. The second-order valence-electron chi connectivity index (χ2n) is 14.9. The van der Waals surface area contributed by atoms with E-state index in [1.54, 1.807) is 67.2 Å². The number of nitrogens with zero attached hydrogens (tertiary/aromatic N) is 6. The quantitative estimate of drug-likeness (QED) is 0.286. The fraction of sp³-hybridized carbons (Fsp3) is 0.545. The number of imidazole rings is 1. The molecule has 1 aromatic carbocycles. The van der Waals surface area contributed by atoms with Crippen LogP contribution in [0.1, 0.15) is 79.9 Å². The number of carboxylic acid groups (broad SMARTS) is 1. The van der Waals surface area contributed by atoms with Gasteiger partial charge >= 0.3 is 24.2 Å². The van der Waals surface area contributed by atoms with Crippen molar-refractivity contribution < 1.29 is 48.0 Å². The van der Waals surface area contributed by atoms with Gasteiger partial charge in [0.2, 0.25) is 0 Å². The predicted molar refractivity (Wildman–Crippen MR) is 178 cm³/mol. The average Bonchev–Trinajstić information content (AvgIpc) is 3.56. The zero-order valence-electron chi connectivity index (χ0n) is 29.7. The molecule has 2 aromatic heterocycles. The number of benzene rings is 1. The second kappa shape index (κ2) is 13.7. The van der Waals surface area contributed by atoms with Gasteiger partial charge in [0.05, 0.1) is 26.0 Å². The molecule has 0 bridgehead atoms. The Morgan fingerprint density at radius 2 is 1.52 bits per heavy atom. The van der Waals surface area contributed by atoms with Crippen molar-refractivity contribution in [3.05, 3.63) is 41.7 Å². The van der Waals surface area contributed by atoms with Gasteiger partial charge < -0.3 is 39.2 Å². The number of ether oxygens (including phenoxy) is 3. The molecule has 3 heterocycles. The van der Waals surface area contributed by atoms with Crippen molar-refractivity contribution in [2.45, 2.75) is 104 Å². The monoisotopic (exact) mass is 701 g/mol. The van der Waals surface area contributed by atoms with E-state index in [-0.39, 0.29) is 54.2 Å². The second-order valence-corrected chi connectivity index (χ2v) is 14.9. The van der Waals surface area contributed by atoms with Crippen molar-refractivity contribution in [3.63, 3.8) is 0 Å². The van der Waals surface area contributed by atoms with Crippen LogP contribution in [0.25, 0.3) is 11.2 Å². The Hall–Kier alpha value is -5.06. The molecular weight excluding hydrogens is 657 g/mol. The number of imide groups is 1. The first-order valence-corrected chi connectivity index (χ1v) is 15.9. The molecule has 50 heavy (non-hydrogen) atoms. The third kappa shape index (κ3) is 8.56. The maximum atomic E-state index is 15.2. The van der Waals surface area contributed by atoms with Gasteiger partial charge in [-0.3, -0.25) is 0 Å². The zero-order chi connectivity index (χ0) is 37.4. The number of carbonyl (C=O) groups is 4. The first kappa shape index (κ1) is 37.8. The summed E-state index contributed by atoms with van der Waals surface area (Å²) in [5, 5.41) is 23.0. The molecule has 0 saturated carbocycles. The number of aliphatic hydroxyl groups excluding tert-OH is 1. The van der Waals surface area contributed by atoms with Crippen molar-refractivity contribution >= 4 is 46.9 Å². The van der Waals surface area contributed by atoms with E-state index in [9.17, 15) is 29.4 Å². The molecule has 1 fully saturated rings. The number of carboxylic acids is 1. The number of carbonyl (C=O) groups excluding carboxylic acids is 3. The van der Waals surface area contributed by atoms with Gasteiger partial charge in [0, 0.05) is 29.8 Å². The van der Waals surface area contributed by atoms with Gasteiger partial charge in [0.1, 0.15) is 28.9 Å². The molecule has 3 N–H and O–H groups in total. The van der Waals surface area contributed by atoms with Gasteiger partial charge in [-0.1, -0.05) is 0 Å². The molecule has 1 unspecified atom stereocenters. The summed E-state index contributed by atoms with van der Waals surface area (Å²) in [6, 6.07) is 2.62. The van der Waals surface area contributed by atoms with Crippen molar-refractivity contribution in [3.8, 4) is 0 Å². The van der Waals surface area contributed by atoms with E-state index in [2.05, 4.69) is 20.3 Å². The summed E-state index contributed by atoms with van der Waals surface area (Å²) in [6.45, 7) is 13.9. The first-order valence-electron chi connectivity index (χ1n) is 15.9. The molecule has 0 aliphatic carbocycles. The van der Waals surface area contributed by atoms with Crippen molar-refractivity contribution in [1.29, 1.82) is 0 Å². The summed E-state index contributed by atoms with van der Waals surface area (Å²) in [5.74, 6) is -2.21. The summed E-state index contributed by atoms with van der Waals surface area (Å²) >= 11 is 0. The summed E-state index contributed by atoms with van der Waals surface area (Å²) in [6.07, 6.45) is -0.566. The Labute approximate surface area is 288 Å². The fourth-order valence-corrected chi connectivity index (χ4v) is 5.32. The number of amides is 3. The highest BCUT2D eigenvalue weighted by molar-refractivity contribution is 6.12. The SMILES string of the molecule is CC(C)(C)OC(=O)NC1(C(=O)O)CCN(c2ccc(F)c(CO)c2Cn2cnc3c(N(C(=O)OC(C)(C)C)C(=O)OC(C)(C)C)ncnc32)C1. The lowest BCUT2D eigenvalue weighted by Crippen LogP contribution is -2.57. The number of aliphatic hydroxyl groups is 1. The minimum Gasteiger partial charge on any atom is -0.479 e. The van der Waals surface area contributed by atoms with E-state index in [1.165, 1.54) is 17.0 Å². The van der Waals surface area contributed by atoms with E-state index in [1.807, 2.05) is 0 Å². The Kier molecular flexibility index (Phi) is 10.3. The van der Waals surface area contributed by atoms with Crippen LogP contribution in [0, 0.1) is 5.82 Å². The maximum Gasteiger partial charge on any atom is 0.425 e. The van der Waals surface area contributed by atoms with E-state index < -0.39 is 59.0 Å². The standard InChI is InChI=1S/C33H44FN7O9/c1-30(2,3)48-27(45)38-33(26(43)44)12-13-39(16-33)22-11-10-21(34)20(15-42)19(22)14-40-18-37-23-24(40)35-17-36-25(23)41(28(46)49-31(4,5)6)29(47)50-32(7,8)9/h10-11,17-18,42H,12-16H2,1-9H3,(H,38,45)(H,43,44). The van der Waals surface area contributed by atoms with E-state index in [4.69, 9.17) is 14.2 Å². The molecule has 17 heteroatoms. The number of aromatic nitrogens is 4. The van der Waals surface area contributed by atoms with Crippen molar-refractivity contribution in [1.82, 2.24) is 24.8 Å². The largest absolute Gasteiger partial charge is 0.479 e. The Morgan fingerprint density at radius 1 is 0.920 bits per heavy atom. The van der Waals surface area contributed by atoms with Gasteiger partial charge in [-0.15, -0.1) is 0 Å². The van der Waals surface area contributed by atoms with Crippen LogP contribution in [0.3, 0.4) is 0 Å². The molecule has 0 radical (unpaired) electrons. The minimum absolute atomic E-state index is 0.00259. The topological polar surface area (TPSA) is 199 Å². The number of anilines is 2. The predicted octanol–water partition coefficient (Wildman–Crippen LogP) is 4.74. The third-order valence-electron chi connectivity index (χ3n) is 7.34. The molecule has 3 amide bonds. The van der Waals surface area contributed by atoms with Crippen molar-refractivity contribution in [2.24, 2.45) is 0 Å². The van der Waals surface area contributed by atoms with E-state index >= 15 is 4.39 Å². The zero-order valence-corrected chi connectivity index (χ0v) is 29.7. The van der Waals surface area contributed by atoms with Gasteiger partial charge in [0.25, 0.3) is 0 Å². The molecule has 272 valence electrons. The van der Waals surface area contributed by atoms with Gasteiger partial charge in [-0.2, -0.15) is 4.90 Å². The van der Waals surface area contributed by atoms with Crippen LogP contribution in [0.15, 0.2) is 24.8 Å². The number of aliphatic carboxylic acids is 1. The number of rotatable bonds is 7. The van der Waals surface area contributed by atoms with E-state index in [0.29, 0.717) is 10.6 Å². The van der Waals surface area contributed by atoms with Crippen LogP contribution < -0.4 is 15.1 Å². The van der Waals surface area contributed by atoms with Crippen LogP contribution >= 0.6 is 0 Å². The lowest BCUT2D eigenvalue weighted by atomic mass is 9.99. The van der Waals surface area contributed by atoms with E-state index in [0.717, 1.165) is 12.4 Å². The smallest absolute Gasteiger partial charge is 0.425 e. The van der Waals surface area contributed by atoms with Gasteiger partial charge in [-0.05, 0) is 74.4 Å². The molecule has 1 aliphatic heterocycles. The number of hydrogen-bond donors (Lipinski definition) is 3. The highest BCUT2D eigenvalue weighted by Gasteiger charge is 2.48. The van der Waals surface area contributed by atoms with Crippen LogP contribution in [0.2, 0.25) is 0 Å². The fourth-order valence-electron chi connectivity index (χ4n) is 5.32. The molecular formula is C33H44FN7O9. The Morgan fingerprint density at radius 3 is 2.06 bits per heavy atom. The van der Waals surface area contributed by atoms with Gasteiger partial charge in [0.15, 0.2) is 22.5 Å². The molecule has 16 nitrogen and oxygen atoms in total. The number of alkyl carbamates (subject to hydrolysis) is 1. The lowest BCUT2D eigenvalue weighted by molar-refractivity contribution is -0.143. The van der Waals surface area contributed by atoms with Crippen LogP contribution in [0.4, 0.5) is 30.3 Å². The highest BCUT2D eigenvalue weighted by Crippen LogP contribution is 2.35. The summed E-state index contributed by atoms with van der Waals surface area (Å²) in [4.78, 5) is 67.0. The third-order valence-corrected chi connectivity index (χ3v) is 7.34. The van der Waals surface area contributed by atoms with Crippen LogP contribution in [-0.4, -0.2) is 89.4 Å². The summed E-state index contributed by atoms with van der Waals surface area (Å²) in [7, 11) is 0. The average molecular weight is 702 g/mol. The number of halogens is 1. The van der Waals surface area contributed by atoms with Gasteiger partial charge in [-0.25, -0.2) is 38.5 Å². The van der Waals surface area contributed by atoms with Crippen molar-refractivity contribution in [2.75, 3.05) is 22.9 Å². The Balaban J connectivity index is 1.76. The molecule has 3 aromatic rings. The molecule has 1 atom stereocenters. The minimum atomic E-state index is -1.72. The van der Waals surface area contributed by atoms with Crippen LogP contribution in [-0.2, 0) is 32.2 Å². The summed E-state index contributed by atoms with van der Waals surface area (Å²) < 4.78 is 32.9. The molecule has 1 saturated heterocycles. The highest BCUT2D eigenvalue weighted by atomic mass is 19.1.